The van der Waals surface area contributed by atoms with Gasteiger partial charge in [-0.25, -0.2) is 0 Å². The Hall–Kier alpha value is -2.92. The molecule has 0 fully saturated rings. The van der Waals surface area contributed by atoms with Gasteiger partial charge in [0, 0.05) is 19.4 Å². The third kappa shape index (κ3) is 55.7. The maximum Gasteiger partial charge on any atom is 0.306 e. The van der Waals surface area contributed by atoms with Crippen LogP contribution in [0.25, 0.3) is 0 Å². The molecular weight excluding hydrogens is 837 g/mol. The molecule has 392 valence electrons. The van der Waals surface area contributed by atoms with Gasteiger partial charge >= 0.3 is 11.9 Å². The van der Waals surface area contributed by atoms with Gasteiger partial charge in [0.25, 0.3) is 0 Å². The van der Waals surface area contributed by atoms with Crippen molar-refractivity contribution >= 4 is 11.9 Å². The van der Waals surface area contributed by atoms with Crippen LogP contribution < -0.4 is 0 Å². The van der Waals surface area contributed by atoms with E-state index in [1.807, 2.05) is 0 Å². The smallest absolute Gasteiger partial charge is 0.306 e. The van der Waals surface area contributed by atoms with Gasteiger partial charge < -0.3 is 14.2 Å². The van der Waals surface area contributed by atoms with E-state index in [4.69, 9.17) is 14.2 Å². The van der Waals surface area contributed by atoms with Crippen LogP contribution in [-0.2, 0) is 23.8 Å². The molecule has 0 heterocycles. The Morgan fingerprint density at radius 1 is 0.324 bits per heavy atom. The second-order valence-corrected chi connectivity index (χ2v) is 19.2. The van der Waals surface area contributed by atoms with Crippen molar-refractivity contribution in [2.45, 2.75) is 284 Å². The first-order valence-electron chi connectivity index (χ1n) is 29.1. The topological polar surface area (TPSA) is 61.8 Å². The maximum atomic E-state index is 12.9. The van der Waals surface area contributed by atoms with E-state index >= 15 is 0 Å². The quantitative estimate of drug-likeness (QED) is 0.0345. The lowest BCUT2D eigenvalue weighted by molar-refractivity contribution is -0.163. The lowest BCUT2D eigenvalue weighted by Gasteiger charge is -2.18. The third-order valence-corrected chi connectivity index (χ3v) is 12.4. The highest BCUT2D eigenvalue weighted by Gasteiger charge is 2.17. The Bertz CT molecular complexity index is 1250. The summed E-state index contributed by atoms with van der Waals surface area (Å²) in [6.45, 7) is 7.73. The Morgan fingerprint density at radius 2 is 0.618 bits per heavy atom. The molecule has 0 aromatic rings. The molecule has 0 radical (unpaired) electrons. The van der Waals surface area contributed by atoms with Crippen LogP contribution in [0.2, 0.25) is 0 Å². The monoisotopic (exact) mass is 947 g/mol. The molecular formula is C63H110O5. The number of carbonyl (C=O) groups excluding carboxylic acids is 2. The molecule has 0 aromatic carbocycles. The van der Waals surface area contributed by atoms with Crippen molar-refractivity contribution in [1.29, 1.82) is 0 Å². The van der Waals surface area contributed by atoms with E-state index in [9.17, 15) is 9.59 Å². The SMILES string of the molecule is CCCCC/C=C\C/C=C\C/C=C\CCCCCCCCC(=O)OCC(COCCCCCCCC/C=C\C/C=C\CCCCC)OC(=O)CCCCCCCCC/C=C\C/C=C\CCCCC. The summed E-state index contributed by atoms with van der Waals surface area (Å²) in [5.74, 6) is -0.422. The second kappa shape index (κ2) is 58.4. The fourth-order valence-corrected chi connectivity index (χ4v) is 7.99. The Morgan fingerprint density at radius 3 is 0.985 bits per heavy atom. The first kappa shape index (κ1) is 65.1. The van der Waals surface area contributed by atoms with E-state index in [1.165, 1.54) is 161 Å². The van der Waals surface area contributed by atoms with E-state index in [0.29, 0.717) is 19.4 Å². The zero-order chi connectivity index (χ0) is 49.2. The summed E-state index contributed by atoms with van der Waals surface area (Å²) < 4.78 is 17.5. The first-order chi connectivity index (χ1) is 33.6. The Labute approximate surface area is 422 Å². The van der Waals surface area contributed by atoms with Gasteiger partial charge in [0.1, 0.15) is 6.61 Å². The molecule has 1 atom stereocenters. The van der Waals surface area contributed by atoms with Crippen molar-refractivity contribution in [3.8, 4) is 0 Å². The van der Waals surface area contributed by atoms with Gasteiger partial charge in [-0.05, 0) is 122 Å². The predicted molar refractivity (Wildman–Crippen MR) is 297 cm³/mol. The fraction of sp³-hybridized carbons (Fsp3) is 0.746. The van der Waals surface area contributed by atoms with Gasteiger partial charge in [-0.2, -0.15) is 0 Å². The summed E-state index contributed by atoms with van der Waals surface area (Å²) in [6.07, 6.45) is 77.4. The van der Waals surface area contributed by atoms with Crippen LogP contribution in [0.15, 0.2) is 85.1 Å². The lowest BCUT2D eigenvalue weighted by atomic mass is 10.1. The van der Waals surface area contributed by atoms with E-state index in [1.54, 1.807) is 0 Å². The minimum absolute atomic E-state index is 0.0681. The molecule has 0 aliphatic carbocycles. The molecule has 5 heteroatoms. The van der Waals surface area contributed by atoms with E-state index in [0.717, 1.165) is 83.5 Å². The molecule has 1 unspecified atom stereocenters. The molecule has 0 saturated carbocycles. The molecule has 0 spiro atoms. The average Bonchev–Trinajstić information content (AvgIpc) is 3.34. The van der Waals surface area contributed by atoms with Crippen molar-refractivity contribution in [3.63, 3.8) is 0 Å². The summed E-state index contributed by atoms with van der Waals surface area (Å²) in [5.41, 5.74) is 0. The number of hydrogen-bond donors (Lipinski definition) is 0. The van der Waals surface area contributed by atoms with Gasteiger partial charge in [-0.1, -0.05) is 228 Å². The van der Waals surface area contributed by atoms with E-state index < -0.39 is 6.10 Å². The number of hydrogen-bond acceptors (Lipinski definition) is 5. The lowest BCUT2D eigenvalue weighted by Crippen LogP contribution is -2.30. The van der Waals surface area contributed by atoms with Crippen LogP contribution in [0.3, 0.4) is 0 Å². The number of rotatable bonds is 53. The molecule has 0 aliphatic heterocycles. The maximum absolute atomic E-state index is 12.9. The van der Waals surface area contributed by atoms with Crippen molar-refractivity contribution in [3.05, 3.63) is 85.1 Å². The highest BCUT2D eigenvalue weighted by Crippen LogP contribution is 2.14. The number of ether oxygens (including phenoxy) is 3. The highest BCUT2D eigenvalue weighted by atomic mass is 16.6. The Kier molecular flexibility index (Phi) is 55.9. The van der Waals surface area contributed by atoms with Crippen molar-refractivity contribution in [2.75, 3.05) is 19.8 Å². The normalized spacial score (nSPS) is 12.8. The van der Waals surface area contributed by atoms with Crippen LogP contribution in [0.5, 0.6) is 0 Å². The molecule has 0 amide bonds. The van der Waals surface area contributed by atoms with Crippen molar-refractivity contribution in [1.82, 2.24) is 0 Å². The van der Waals surface area contributed by atoms with Gasteiger partial charge in [0.05, 0.1) is 6.61 Å². The predicted octanol–water partition coefficient (Wildman–Crippen LogP) is 20.0. The number of carbonyl (C=O) groups is 2. The molecule has 5 nitrogen and oxygen atoms in total. The van der Waals surface area contributed by atoms with Gasteiger partial charge in [-0.3, -0.25) is 9.59 Å². The molecule has 0 saturated heterocycles. The van der Waals surface area contributed by atoms with Crippen LogP contribution >= 0.6 is 0 Å². The summed E-state index contributed by atoms with van der Waals surface area (Å²) >= 11 is 0. The second-order valence-electron chi connectivity index (χ2n) is 19.2. The molecule has 0 N–H and O–H groups in total. The minimum atomic E-state index is -0.556. The van der Waals surface area contributed by atoms with Gasteiger partial charge in [-0.15, -0.1) is 0 Å². The van der Waals surface area contributed by atoms with Gasteiger partial charge in [0.15, 0.2) is 6.10 Å². The third-order valence-electron chi connectivity index (χ3n) is 12.4. The molecule has 0 aliphatic rings. The fourth-order valence-electron chi connectivity index (χ4n) is 7.99. The Balaban J connectivity index is 4.34. The molecule has 0 rings (SSSR count). The summed E-state index contributed by atoms with van der Waals surface area (Å²) in [4.78, 5) is 25.5. The summed E-state index contributed by atoms with van der Waals surface area (Å²) in [7, 11) is 0. The molecule has 0 bridgehead atoms. The number of unbranched alkanes of at least 4 members (excludes halogenated alkanes) is 28. The van der Waals surface area contributed by atoms with Crippen molar-refractivity contribution < 1.29 is 23.8 Å². The minimum Gasteiger partial charge on any atom is -0.462 e. The van der Waals surface area contributed by atoms with Crippen LogP contribution in [0.4, 0.5) is 0 Å². The van der Waals surface area contributed by atoms with Crippen LogP contribution in [-0.4, -0.2) is 37.9 Å². The number of allylic oxidation sites excluding steroid dienone is 14. The highest BCUT2D eigenvalue weighted by molar-refractivity contribution is 5.70. The summed E-state index contributed by atoms with van der Waals surface area (Å²) in [5, 5.41) is 0. The summed E-state index contributed by atoms with van der Waals surface area (Å²) in [6, 6.07) is 0. The standard InChI is InChI=1S/C63H110O5/c1-4-7-10-13-16-19-22-25-28-31-32-34-35-38-41-44-47-50-53-56-62(64)67-60-61(59-66-58-55-52-49-46-43-40-37-30-27-24-21-18-15-12-9-6-3)68-63(65)57-54-51-48-45-42-39-36-33-29-26-23-20-17-14-11-8-5-2/h16-21,25-30,32,34,61H,4-15,22-24,31,33,35-60H2,1-3H3/b19-16-,20-17-,21-18-,28-25-,29-26-,30-27-,34-32-. The van der Waals surface area contributed by atoms with E-state index in [-0.39, 0.29) is 25.2 Å². The van der Waals surface area contributed by atoms with E-state index in [2.05, 4.69) is 106 Å². The molecule has 0 aromatic heterocycles. The van der Waals surface area contributed by atoms with Crippen LogP contribution in [0.1, 0.15) is 278 Å². The van der Waals surface area contributed by atoms with Crippen molar-refractivity contribution in [2.24, 2.45) is 0 Å². The van der Waals surface area contributed by atoms with Gasteiger partial charge in [0.2, 0.25) is 0 Å². The largest absolute Gasteiger partial charge is 0.462 e. The average molecular weight is 948 g/mol. The zero-order valence-corrected chi connectivity index (χ0v) is 45.1. The first-order valence-corrected chi connectivity index (χ1v) is 29.1. The molecule has 68 heavy (non-hydrogen) atoms. The number of esters is 2. The zero-order valence-electron chi connectivity index (χ0n) is 45.1. The van der Waals surface area contributed by atoms with Crippen LogP contribution in [0, 0.1) is 0 Å².